The summed E-state index contributed by atoms with van der Waals surface area (Å²) in [7, 11) is 0. The number of rotatable bonds is 4. The van der Waals surface area contributed by atoms with Gasteiger partial charge in [-0.2, -0.15) is 0 Å². The zero-order chi connectivity index (χ0) is 23.3. The average Bonchev–Trinajstić information content (AvgIpc) is 3.18. The van der Waals surface area contributed by atoms with Gasteiger partial charge in [-0.25, -0.2) is 9.78 Å². The van der Waals surface area contributed by atoms with E-state index in [0.29, 0.717) is 32.8 Å². The van der Waals surface area contributed by atoms with E-state index in [1.54, 1.807) is 18.4 Å². The van der Waals surface area contributed by atoms with Crippen molar-refractivity contribution in [3.8, 4) is 0 Å². The first-order valence-corrected chi connectivity index (χ1v) is 12.0. The largest absolute Gasteiger partial charge is 0.450 e. The lowest BCUT2D eigenvalue weighted by molar-refractivity contribution is 0.0323. The SMILES string of the molecule is Cc1[nH]c2ccccc2c1C(=O)C(C)OC(=O)c1sc2nc3n(c(=O)c2c1C)CCCCC3. The van der Waals surface area contributed by atoms with Crippen LogP contribution in [0.25, 0.3) is 21.1 Å². The lowest BCUT2D eigenvalue weighted by Gasteiger charge is -2.12. The molecular formula is C25H25N3O4S. The van der Waals surface area contributed by atoms with Crippen LogP contribution in [0, 0.1) is 13.8 Å². The molecule has 33 heavy (non-hydrogen) atoms. The Morgan fingerprint density at radius 1 is 1.18 bits per heavy atom. The molecule has 0 fully saturated rings. The summed E-state index contributed by atoms with van der Waals surface area (Å²) >= 11 is 1.17. The molecule has 3 aromatic heterocycles. The summed E-state index contributed by atoms with van der Waals surface area (Å²) in [6.07, 6.45) is 2.83. The molecule has 0 spiro atoms. The minimum absolute atomic E-state index is 0.0942. The number of esters is 1. The van der Waals surface area contributed by atoms with E-state index in [9.17, 15) is 14.4 Å². The maximum absolute atomic E-state index is 13.2. The summed E-state index contributed by atoms with van der Waals surface area (Å²) in [6, 6.07) is 7.55. The summed E-state index contributed by atoms with van der Waals surface area (Å²) in [4.78, 5) is 48.2. The third-order valence-electron chi connectivity index (χ3n) is 6.39. The van der Waals surface area contributed by atoms with Crippen LogP contribution < -0.4 is 5.56 Å². The maximum atomic E-state index is 13.2. The number of ketones is 1. The van der Waals surface area contributed by atoms with Gasteiger partial charge in [0.1, 0.15) is 15.5 Å². The van der Waals surface area contributed by atoms with Crippen LogP contribution in [0.4, 0.5) is 0 Å². The minimum atomic E-state index is -0.967. The van der Waals surface area contributed by atoms with Gasteiger partial charge in [0.15, 0.2) is 6.10 Å². The van der Waals surface area contributed by atoms with Gasteiger partial charge in [0, 0.05) is 35.1 Å². The quantitative estimate of drug-likeness (QED) is 0.349. The highest BCUT2D eigenvalue weighted by Gasteiger charge is 2.28. The number of aromatic amines is 1. The molecule has 1 unspecified atom stereocenters. The second kappa shape index (κ2) is 8.26. The molecule has 0 saturated carbocycles. The summed E-state index contributed by atoms with van der Waals surface area (Å²) in [5, 5.41) is 1.28. The predicted molar refractivity (Wildman–Crippen MR) is 128 cm³/mol. The standard InChI is InChI=1S/C25H25N3O4S/c1-13-19-23(27-18-11-5-4-8-12-28(18)24(19)30)33-22(13)25(31)32-15(3)21(29)20-14(2)26-17-10-7-6-9-16(17)20/h6-7,9-10,15,26H,4-5,8,11-12H2,1-3H3. The number of hydrogen-bond donors (Lipinski definition) is 1. The Balaban J connectivity index is 1.46. The van der Waals surface area contributed by atoms with Crippen molar-refractivity contribution in [3.05, 3.63) is 62.1 Å². The van der Waals surface area contributed by atoms with Crippen molar-refractivity contribution in [3.63, 3.8) is 0 Å². The number of Topliss-reactive ketones (excluding diaryl/α,β-unsaturated/α-hetero) is 1. The molecule has 170 valence electrons. The molecule has 1 atom stereocenters. The Morgan fingerprint density at radius 3 is 2.79 bits per heavy atom. The molecule has 4 heterocycles. The summed E-state index contributed by atoms with van der Waals surface area (Å²) in [5.41, 5.74) is 2.61. The van der Waals surface area contributed by atoms with Crippen LogP contribution in [0.2, 0.25) is 0 Å². The zero-order valence-corrected chi connectivity index (χ0v) is 19.7. The van der Waals surface area contributed by atoms with Gasteiger partial charge < -0.3 is 9.72 Å². The van der Waals surface area contributed by atoms with Gasteiger partial charge >= 0.3 is 5.97 Å². The van der Waals surface area contributed by atoms with Gasteiger partial charge in [-0.3, -0.25) is 14.2 Å². The number of nitrogens with one attached hydrogen (secondary N) is 1. The fourth-order valence-corrected chi connectivity index (χ4v) is 5.74. The summed E-state index contributed by atoms with van der Waals surface area (Å²) < 4.78 is 7.34. The smallest absolute Gasteiger partial charge is 0.349 e. The number of carbonyl (C=O) groups is 2. The maximum Gasteiger partial charge on any atom is 0.349 e. The highest BCUT2D eigenvalue weighted by molar-refractivity contribution is 7.20. The molecule has 1 N–H and O–H groups in total. The Kier molecular flexibility index (Phi) is 5.40. The van der Waals surface area contributed by atoms with Gasteiger partial charge in [-0.15, -0.1) is 11.3 Å². The third-order valence-corrected chi connectivity index (χ3v) is 7.56. The fraction of sp³-hybridized carbons (Fsp3) is 0.360. The van der Waals surface area contributed by atoms with Crippen molar-refractivity contribution in [2.75, 3.05) is 0 Å². The number of benzene rings is 1. The first-order valence-electron chi connectivity index (χ1n) is 11.2. The van der Waals surface area contributed by atoms with E-state index in [1.165, 1.54) is 11.3 Å². The van der Waals surface area contributed by atoms with Crippen LogP contribution in [0.5, 0.6) is 0 Å². The second-order valence-corrected chi connectivity index (χ2v) is 9.61. The van der Waals surface area contributed by atoms with E-state index in [0.717, 1.165) is 48.1 Å². The molecule has 0 bridgehead atoms. The van der Waals surface area contributed by atoms with Crippen molar-refractivity contribution in [2.24, 2.45) is 0 Å². The number of nitrogens with zero attached hydrogens (tertiary/aromatic N) is 2. The highest BCUT2D eigenvalue weighted by Crippen LogP contribution is 2.30. The molecule has 7 nitrogen and oxygen atoms in total. The topological polar surface area (TPSA) is 94.1 Å². The number of thiophene rings is 1. The molecule has 5 rings (SSSR count). The van der Waals surface area contributed by atoms with Crippen LogP contribution >= 0.6 is 11.3 Å². The first-order chi connectivity index (χ1) is 15.9. The number of aryl methyl sites for hydroxylation is 3. The van der Waals surface area contributed by atoms with Crippen molar-refractivity contribution < 1.29 is 14.3 Å². The molecule has 0 radical (unpaired) electrons. The monoisotopic (exact) mass is 463 g/mol. The van der Waals surface area contributed by atoms with E-state index < -0.39 is 12.1 Å². The van der Waals surface area contributed by atoms with Gasteiger partial charge in [-0.05, 0) is 45.2 Å². The van der Waals surface area contributed by atoms with E-state index in [-0.39, 0.29) is 11.3 Å². The Bertz CT molecular complexity index is 1480. The minimum Gasteiger partial charge on any atom is -0.450 e. The molecule has 8 heteroatoms. The number of para-hydroxylation sites is 1. The number of aromatic nitrogens is 3. The van der Waals surface area contributed by atoms with Crippen LogP contribution in [0.15, 0.2) is 29.1 Å². The fourth-order valence-electron chi connectivity index (χ4n) is 4.67. The van der Waals surface area contributed by atoms with Gasteiger partial charge in [0.25, 0.3) is 5.56 Å². The number of fused-ring (bicyclic) bond motifs is 3. The van der Waals surface area contributed by atoms with E-state index >= 15 is 0 Å². The molecule has 0 saturated heterocycles. The highest BCUT2D eigenvalue weighted by atomic mass is 32.1. The van der Waals surface area contributed by atoms with Gasteiger partial charge in [0.2, 0.25) is 5.78 Å². The second-order valence-electron chi connectivity index (χ2n) is 8.61. The van der Waals surface area contributed by atoms with Crippen LogP contribution in [0.3, 0.4) is 0 Å². The predicted octanol–water partition coefficient (Wildman–Crippen LogP) is 4.71. The van der Waals surface area contributed by atoms with Crippen molar-refractivity contribution in [1.29, 1.82) is 0 Å². The summed E-state index contributed by atoms with van der Waals surface area (Å²) in [6.45, 7) is 5.82. The zero-order valence-electron chi connectivity index (χ0n) is 18.9. The normalized spacial score (nSPS) is 14.8. The molecule has 4 aromatic rings. The molecule has 0 amide bonds. The lowest BCUT2D eigenvalue weighted by atomic mass is 10.0. The van der Waals surface area contributed by atoms with Gasteiger partial charge in [-0.1, -0.05) is 24.6 Å². The van der Waals surface area contributed by atoms with Crippen LogP contribution in [-0.2, 0) is 17.7 Å². The summed E-state index contributed by atoms with van der Waals surface area (Å²) in [5.74, 6) is -0.0834. The first kappa shape index (κ1) is 21.6. The number of hydrogen-bond acceptors (Lipinski definition) is 6. The van der Waals surface area contributed by atoms with E-state index in [2.05, 4.69) is 4.98 Å². The molecule has 0 aliphatic carbocycles. The lowest BCUT2D eigenvalue weighted by Crippen LogP contribution is -2.25. The Morgan fingerprint density at radius 2 is 1.97 bits per heavy atom. The molecule has 1 aromatic carbocycles. The third kappa shape index (κ3) is 3.58. The van der Waals surface area contributed by atoms with Crippen LogP contribution in [0.1, 0.15) is 63.3 Å². The Labute approximate surface area is 194 Å². The number of ether oxygens (including phenoxy) is 1. The van der Waals surface area contributed by atoms with Gasteiger partial charge in [0.05, 0.1) is 5.39 Å². The molecular weight excluding hydrogens is 438 g/mol. The van der Waals surface area contributed by atoms with Crippen molar-refractivity contribution in [2.45, 2.75) is 59.1 Å². The molecule has 1 aliphatic heterocycles. The van der Waals surface area contributed by atoms with Crippen molar-refractivity contribution >= 4 is 44.2 Å². The Hall–Kier alpha value is -3.26. The van der Waals surface area contributed by atoms with E-state index in [4.69, 9.17) is 9.72 Å². The average molecular weight is 464 g/mol. The van der Waals surface area contributed by atoms with E-state index in [1.807, 2.05) is 31.2 Å². The van der Waals surface area contributed by atoms with Crippen molar-refractivity contribution in [1.82, 2.24) is 14.5 Å². The number of carbonyl (C=O) groups excluding carboxylic acids is 2. The van der Waals surface area contributed by atoms with Crippen LogP contribution in [-0.4, -0.2) is 32.4 Å². The number of H-pyrrole nitrogens is 1. The molecule has 1 aliphatic rings.